The molecule has 74 valence electrons. The van der Waals surface area contributed by atoms with Gasteiger partial charge in [0.2, 0.25) is 5.70 Å². The minimum atomic E-state index is -0.582. The summed E-state index contributed by atoms with van der Waals surface area (Å²) >= 11 is 11.0. The molecule has 0 saturated carbocycles. The van der Waals surface area contributed by atoms with Crippen LogP contribution in [0.25, 0.3) is 0 Å². The van der Waals surface area contributed by atoms with Crippen molar-refractivity contribution in [2.75, 3.05) is 6.61 Å². The number of quaternary nitrogens is 1. The Kier molecular flexibility index (Phi) is 5.53. The van der Waals surface area contributed by atoms with E-state index in [1.807, 2.05) is 0 Å². The normalized spacial score (nSPS) is 13.7. The van der Waals surface area contributed by atoms with Crippen molar-refractivity contribution >= 4 is 29.2 Å². The molecule has 5 N–H and O–H groups in total. The van der Waals surface area contributed by atoms with Gasteiger partial charge in [-0.15, -0.1) is 0 Å². The molecule has 6 heteroatoms. The van der Waals surface area contributed by atoms with Gasteiger partial charge in [-0.25, -0.2) is 4.79 Å². The molecule has 0 aromatic heterocycles. The highest BCUT2D eigenvalue weighted by Gasteiger charge is 2.14. The fourth-order valence-corrected chi connectivity index (χ4v) is 0.884. The fourth-order valence-electron chi connectivity index (χ4n) is 0.524. The van der Waals surface area contributed by atoms with Gasteiger partial charge in [0.25, 0.3) is 0 Å². The zero-order valence-corrected chi connectivity index (χ0v) is 8.65. The Balaban J connectivity index is 4.61. The molecule has 0 aromatic carbocycles. The second-order valence-corrected chi connectivity index (χ2v) is 2.92. The van der Waals surface area contributed by atoms with E-state index in [1.54, 1.807) is 6.92 Å². The Labute approximate surface area is 86.1 Å². The molecule has 0 aromatic rings. The Bertz CT molecular complexity index is 257. The summed E-state index contributed by atoms with van der Waals surface area (Å²) in [5.74, 6) is -0.582. The average molecular weight is 226 g/mol. The predicted molar refractivity (Wildman–Crippen MR) is 50.5 cm³/mol. The van der Waals surface area contributed by atoms with Gasteiger partial charge in [-0.1, -0.05) is 23.2 Å². The molecule has 0 bridgehead atoms. The van der Waals surface area contributed by atoms with E-state index in [1.165, 1.54) is 6.08 Å². The summed E-state index contributed by atoms with van der Waals surface area (Å²) in [6.45, 7) is 1.95. The molecular weight excluding hydrogens is 215 g/mol. The summed E-state index contributed by atoms with van der Waals surface area (Å²) in [4.78, 5) is 11.0. The number of esters is 1. The highest BCUT2D eigenvalue weighted by Crippen LogP contribution is 2.09. The first kappa shape index (κ1) is 12.3. The number of carbonyl (C=O) groups excluding carboxylic acids is 1. The molecule has 0 aliphatic carbocycles. The van der Waals surface area contributed by atoms with Crippen LogP contribution in [-0.4, -0.2) is 12.6 Å². The zero-order chi connectivity index (χ0) is 10.4. The maximum atomic E-state index is 11.0. The third-order valence-electron chi connectivity index (χ3n) is 1.07. The fraction of sp³-hybridized carbons (Fsp3) is 0.286. The van der Waals surface area contributed by atoms with E-state index in [0.29, 0.717) is 0 Å². The van der Waals surface area contributed by atoms with E-state index in [9.17, 15) is 4.79 Å². The molecule has 0 saturated heterocycles. The highest BCUT2D eigenvalue weighted by molar-refractivity contribution is 6.35. The van der Waals surface area contributed by atoms with Gasteiger partial charge in [0.1, 0.15) is 10.2 Å². The smallest absolute Gasteiger partial charge is 0.394 e. The molecule has 4 nitrogen and oxygen atoms in total. The van der Waals surface area contributed by atoms with E-state index in [4.69, 9.17) is 28.9 Å². The zero-order valence-electron chi connectivity index (χ0n) is 7.14. The van der Waals surface area contributed by atoms with Crippen molar-refractivity contribution in [2.45, 2.75) is 6.92 Å². The van der Waals surface area contributed by atoms with Crippen molar-refractivity contribution in [3.05, 3.63) is 22.0 Å². The molecule has 0 atom stereocenters. The molecular formula is C7H11Cl2N2O2+. The molecule has 0 aliphatic rings. The Hall–Kier alpha value is -0.710. The summed E-state index contributed by atoms with van der Waals surface area (Å²) in [6, 6.07) is 0. The molecule has 0 aliphatic heterocycles. The first-order valence-corrected chi connectivity index (χ1v) is 4.26. The van der Waals surface area contributed by atoms with Crippen molar-refractivity contribution in [3.63, 3.8) is 0 Å². The van der Waals surface area contributed by atoms with Crippen LogP contribution in [0.2, 0.25) is 0 Å². The Morgan fingerprint density at radius 3 is 2.54 bits per heavy atom. The summed E-state index contributed by atoms with van der Waals surface area (Å²) in [5.41, 5.74) is 8.59. The van der Waals surface area contributed by atoms with Gasteiger partial charge < -0.3 is 16.2 Å². The second-order valence-electron chi connectivity index (χ2n) is 2.08. The maximum absolute atomic E-state index is 11.0. The lowest BCUT2D eigenvalue weighted by atomic mass is 10.4. The molecule has 0 rings (SSSR count). The van der Waals surface area contributed by atoms with E-state index in [0.717, 1.165) is 0 Å². The number of allylic oxidation sites excluding steroid dienone is 2. The van der Waals surface area contributed by atoms with Gasteiger partial charge in [-0.2, -0.15) is 0 Å². The minimum absolute atomic E-state index is 0.0181. The number of hydrogen-bond acceptors (Lipinski definition) is 3. The van der Waals surface area contributed by atoms with E-state index in [2.05, 4.69) is 10.5 Å². The molecule has 0 spiro atoms. The molecule has 0 heterocycles. The van der Waals surface area contributed by atoms with Gasteiger partial charge in [0.05, 0.1) is 6.61 Å². The van der Waals surface area contributed by atoms with Crippen LogP contribution >= 0.6 is 23.2 Å². The lowest BCUT2D eigenvalue weighted by molar-refractivity contribution is -0.304. The maximum Gasteiger partial charge on any atom is 0.394 e. The molecule has 0 radical (unpaired) electrons. The first-order chi connectivity index (χ1) is 5.99. The van der Waals surface area contributed by atoms with Crippen LogP contribution in [0.1, 0.15) is 6.92 Å². The highest BCUT2D eigenvalue weighted by atomic mass is 35.5. The summed E-state index contributed by atoms with van der Waals surface area (Å²) < 4.78 is 4.65. The average Bonchev–Trinajstić information content (AvgIpc) is 2.02. The standard InChI is InChI=1S/C7H10Cl2N2O2/c1-2-13-7(12)6(11)4(8)3-5(9)10/h3H,2,10-11H2,1H3/p+1. The summed E-state index contributed by atoms with van der Waals surface area (Å²) in [5, 5.41) is 0.0569. The number of hydrogen-bond donors (Lipinski definition) is 2. The Morgan fingerprint density at radius 2 is 2.15 bits per heavy atom. The quantitative estimate of drug-likeness (QED) is 0.314. The third-order valence-corrected chi connectivity index (χ3v) is 1.52. The molecule has 13 heavy (non-hydrogen) atoms. The van der Waals surface area contributed by atoms with Crippen LogP contribution in [0.5, 0.6) is 0 Å². The van der Waals surface area contributed by atoms with Gasteiger partial charge >= 0.3 is 5.97 Å². The van der Waals surface area contributed by atoms with Crippen molar-refractivity contribution < 1.29 is 15.3 Å². The monoisotopic (exact) mass is 225 g/mol. The number of ether oxygens (including phenoxy) is 1. The van der Waals surface area contributed by atoms with Crippen molar-refractivity contribution in [2.24, 2.45) is 5.73 Å². The third kappa shape index (κ3) is 4.77. The van der Waals surface area contributed by atoms with Crippen LogP contribution in [-0.2, 0) is 9.53 Å². The summed E-state index contributed by atoms with van der Waals surface area (Å²) in [7, 11) is 0. The topological polar surface area (TPSA) is 80.0 Å². The molecule has 0 unspecified atom stereocenters. The molecule has 0 amide bonds. The SMILES string of the molecule is CCOC(=O)C([NH3+])=C(Cl)C=C(N)Cl. The van der Waals surface area contributed by atoms with Crippen LogP contribution in [0, 0.1) is 0 Å². The largest absolute Gasteiger partial charge is 0.458 e. The van der Waals surface area contributed by atoms with Crippen molar-refractivity contribution in [1.29, 1.82) is 0 Å². The van der Waals surface area contributed by atoms with Gasteiger partial charge in [-0.05, 0) is 13.0 Å². The lowest BCUT2D eigenvalue weighted by Gasteiger charge is -1.98. The van der Waals surface area contributed by atoms with Crippen LogP contribution in [0.3, 0.4) is 0 Å². The second kappa shape index (κ2) is 5.85. The predicted octanol–water partition coefficient (Wildman–Crippen LogP) is 0.281. The lowest BCUT2D eigenvalue weighted by Crippen LogP contribution is -2.52. The Morgan fingerprint density at radius 1 is 1.62 bits per heavy atom. The van der Waals surface area contributed by atoms with Crippen LogP contribution in [0.15, 0.2) is 22.0 Å². The summed E-state index contributed by atoms with van der Waals surface area (Å²) in [6.07, 6.45) is 1.22. The van der Waals surface area contributed by atoms with Crippen LogP contribution in [0.4, 0.5) is 0 Å². The number of nitrogens with two attached hydrogens (primary N) is 1. The van der Waals surface area contributed by atoms with Crippen LogP contribution < -0.4 is 11.5 Å². The van der Waals surface area contributed by atoms with Crippen molar-refractivity contribution in [1.82, 2.24) is 0 Å². The van der Waals surface area contributed by atoms with E-state index >= 15 is 0 Å². The number of rotatable bonds is 3. The first-order valence-electron chi connectivity index (χ1n) is 3.50. The van der Waals surface area contributed by atoms with Gasteiger partial charge in [0.15, 0.2) is 0 Å². The van der Waals surface area contributed by atoms with Gasteiger partial charge in [-0.3, -0.25) is 0 Å². The van der Waals surface area contributed by atoms with E-state index in [-0.39, 0.29) is 22.5 Å². The van der Waals surface area contributed by atoms with Crippen molar-refractivity contribution in [3.8, 4) is 0 Å². The van der Waals surface area contributed by atoms with Gasteiger partial charge in [0, 0.05) is 0 Å². The van der Waals surface area contributed by atoms with E-state index < -0.39 is 5.97 Å². The number of halogens is 2. The minimum Gasteiger partial charge on any atom is -0.458 e. The molecule has 0 fully saturated rings. The number of carbonyl (C=O) groups is 1.